The van der Waals surface area contributed by atoms with Crippen molar-refractivity contribution in [3.8, 4) is 5.75 Å². The van der Waals surface area contributed by atoms with E-state index < -0.39 is 11.9 Å². The molecule has 0 aliphatic carbocycles. The summed E-state index contributed by atoms with van der Waals surface area (Å²) in [6, 6.07) is 9.18. The second kappa shape index (κ2) is 6.19. The molecule has 2 aromatic rings. The molecule has 2 rings (SSSR count). The molecule has 20 heavy (non-hydrogen) atoms. The van der Waals surface area contributed by atoms with Crippen LogP contribution < -0.4 is 4.74 Å². The van der Waals surface area contributed by atoms with E-state index in [4.69, 9.17) is 4.74 Å². The van der Waals surface area contributed by atoms with Crippen molar-refractivity contribution in [1.29, 1.82) is 0 Å². The van der Waals surface area contributed by atoms with Crippen molar-refractivity contribution >= 4 is 5.97 Å². The SMILES string of the molecule is COc1ccc(C(Cc2cccnc2)C(=O)O)c(C)c1. The normalized spacial score (nSPS) is 11.9. The van der Waals surface area contributed by atoms with E-state index in [1.165, 1.54) is 0 Å². The maximum Gasteiger partial charge on any atom is 0.311 e. The molecule has 0 saturated heterocycles. The summed E-state index contributed by atoms with van der Waals surface area (Å²) < 4.78 is 5.15. The third-order valence-electron chi connectivity index (χ3n) is 3.31. The van der Waals surface area contributed by atoms with Gasteiger partial charge < -0.3 is 9.84 Å². The zero-order valence-corrected chi connectivity index (χ0v) is 11.5. The lowest BCUT2D eigenvalue weighted by atomic mass is 9.89. The van der Waals surface area contributed by atoms with E-state index in [1.54, 1.807) is 25.6 Å². The molecule has 0 bridgehead atoms. The Hall–Kier alpha value is -2.36. The lowest BCUT2D eigenvalue weighted by Crippen LogP contribution is -2.15. The highest BCUT2D eigenvalue weighted by Gasteiger charge is 2.22. The molecule has 1 aromatic carbocycles. The maximum absolute atomic E-state index is 11.6. The second-order valence-corrected chi connectivity index (χ2v) is 4.68. The summed E-state index contributed by atoms with van der Waals surface area (Å²) in [6.45, 7) is 1.90. The molecule has 0 radical (unpaired) electrons. The number of benzene rings is 1. The second-order valence-electron chi connectivity index (χ2n) is 4.68. The van der Waals surface area contributed by atoms with Crippen LogP contribution in [0.1, 0.15) is 22.6 Å². The van der Waals surface area contributed by atoms with Crippen LogP contribution in [-0.2, 0) is 11.2 Å². The maximum atomic E-state index is 11.6. The van der Waals surface area contributed by atoms with Gasteiger partial charge in [-0.15, -0.1) is 0 Å². The van der Waals surface area contributed by atoms with Crippen LogP contribution in [0, 0.1) is 6.92 Å². The van der Waals surface area contributed by atoms with E-state index in [2.05, 4.69) is 4.98 Å². The summed E-state index contributed by atoms with van der Waals surface area (Å²) in [4.78, 5) is 15.6. The molecule has 104 valence electrons. The highest BCUT2D eigenvalue weighted by molar-refractivity contribution is 5.77. The monoisotopic (exact) mass is 271 g/mol. The van der Waals surface area contributed by atoms with Crippen LogP contribution in [0.15, 0.2) is 42.7 Å². The first-order chi connectivity index (χ1) is 9.61. The van der Waals surface area contributed by atoms with Crippen molar-refractivity contribution in [3.63, 3.8) is 0 Å². The summed E-state index contributed by atoms with van der Waals surface area (Å²) in [7, 11) is 1.60. The van der Waals surface area contributed by atoms with E-state index in [-0.39, 0.29) is 0 Å². The minimum absolute atomic E-state index is 0.427. The minimum Gasteiger partial charge on any atom is -0.497 e. The van der Waals surface area contributed by atoms with Crippen LogP contribution in [0.5, 0.6) is 5.75 Å². The molecule has 0 saturated carbocycles. The summed E-state index contributed by atoms with van der Waals surface area (Å²) in [5.41, 5.74) is 2.64. The zero-order chi connectivity index (χ0) is 14.5. The molecule has 4 nitrogen and oxygen atoms in total. The molecular weight excluding hydrogens is 254 g/mol. The van der Waals surface area contributed by atoms with Crippen LogP contribution in [0.3, 0.4) is 0 Å². The summed E-state index contributed by atoms with van der Waals surface area (Å²) in [5, 5.41) is 9.49. The molecule has 4 heteroatoms. The first-order valence-corrected chi connectivity index (χ1v) is 6.38. The number of aryl methyl sites for hydroxylation is 1. The topological polar surface area (TPSA) is 59.4 Å². The van der Waals surface area contributed by atoms with Gasteiger partial charge in [0.05, 0.1) is 13.0 Å². The lowest BCUT2D eigenvalue weighted by molar-refractivity contribution is -0.138. The van der Waals surface area contributed by atoms with Gasteiger partial charge in [0.1, 0.15) is 5.75 Å². The fourth-order valence-corrected chi connectivity index (χ4v) is 2.25. The Morgan fingerprint density at radius 1 is 1.40 bits per heavy atom. The predicted molar refractivity (Wildman–Crippen MR) is 76.0 cm³/mol. The molecule has 0 aliphatic rings. The summed E-state index contributed by atoms with van der Waals surface area (Å²) in [6.07, 6.45) is 3.81. The van der Waals surface area contributed by atoms with Crippen LogP contribution in [0.4, 0.5) is 0 Å². The van der Waals surface area contributed by atoms with Gasteiger partial charge in [-0.25, -0.2) is 0 Å². The highest BCUT2D eigenvalue weighted by Crippen LogP contribution is 2.27. The number of carboxylic acids is 1. The number of carbonyl (C=O) groups is 1. The third-order valence-corrected chi connectivity index (χ3v) is 3.31. The molecule has 0 amide bonds. The Bertz CT molecular complexity index is 596. The van der Waals surface area contributed by atoms with Gasteiger partial charge in [-0.2, -0.15) is 0 Å². The van der Waals surface area contributed by atoms with Gasteiger partial charge in [0.25, 0.3) is 0 Å². The van der Waals surface area contributed by atoms with Gasteiger partial charge in [0.15, 0.2) is 0 Å². The number of ether oxygens (including phenoxy) is 1. The number of rotatable bonds is 5. The van der Waals surface area contributed by atoms with Gasteiger partial charge in [-0.05, 0) is 48.2 Å². The molecular formula is C16H17NO3. The summed E-state index contributed by atoms with van der Waals surface area (Å²) in [5.74, 6) is -0.677. The Kier molecular flexibility index (Phi) is 4.35. The van der Waals surface area contributed by atoms with Crippen LogP contribution in [0.2, 0.25) is 0 Å². The first-order valence-electron chi connectivity index (χ1n) is 6.38. The zero-order valence-electron chi connectivity index (χ0n) is 11.5. The minimum atomic E-state index is -0.831. The lowest BCUT2D eigenvalue weighted by Gasteiger charge is -2.16. The molecule has 0 aliphatic heterocycles. The van der Waals surface area contributed by atoms with E-state index in [0.717, 1.165) is 22.4 Å². The van der Waals surface area contributed by atoms with Crippen molar-refractivity contribution in [3.05, 3.63) is 59.4 Å². The van der Waals surface area contributed by atoms with Gasteiger partial charge in [-0.3, -0.25) is 9.78 Å². The Morgan fingerprint density at radius 3 is 2.75 bits per heavy atom. The average molecular weight is 271 g/mol. The van der Waals surface area contributed by atoms with Crippen molar-refractivity contribution in [1.82, 2.24) is 4.98 Å². The number of carboxylic acid groups (broad SMARTS) is 1. The Morgan fingerprint density at radius 2 is 2.20 bits per heavy atom. The molecule has 0 spiro atoms. The fraction of sp³-hybridized carbons (Fsp3) is 0.250. The van der Waals surface area contributed by atoms with Gasteiger partial charge >= 0.3 is 5.97 Å². The Balaban J connectivity index is 2.32. The van der Waals surface area contributed by atoms with Crippen LogP contribution >= 0.6 is 0 Å². The molecule has 1 N–H and O–H groups in total. The number of aliphatic carboxylic acids is 1. The fourth-order valence-electron chi connectivity index (χ4n) is 2.25. The molecule has 0 fully saturated rings. The van der Waals surface area contributed by atoms with Crippen molar-refractivity contribution in [2.75, 3.05) is 7.11 Å². The quantitative estimate of drug-likeness (QED) is 0.908. The van der Waals surface area contributed by atoms with Crippen molar-refractivity contribution in [2.24, 2.45) is 0 Å². The molecule has 1 unspecified atom stereocenters. The first kappa shape index (κ1) is 14.1. The van der Waals surface area contributed by atoms with E-state index in [9.17, 15) is 9.90 Å². The highest BCUT2D eigenvalue weighted by atomic mass is 16.5. The third kappa shape index (κ3) is 3.15. The van der Waals surface area contributed by atoms with Gasteiger partial charge in [-0.1, -0.05) is 12.1 Å². The van der Waals surface area contributed by atoms with E-state index >= 15 is 0 Å². The molecule has 1 aromatic heterocycles. The largest absolute Gasteiger partial charge is 0.497 e. The number of methoxy groups -OCH3 is 1. The van der Waals surface area contributed by atoms with Crippen LogP contribution in [0.25, 0.3) is 0 Å². The predicted octanol–water partition coefficient (Wildman–Crippen LogP) is 2.81. The molecule has 1 heterocycles. The standard InChI is InChI=1S/C16H17NO3/c1-11-8-13(20-2)5-6-14(11)15(16(18)19)9-12-4-3-7-17-10-12/h3-8,10,15H,9H2,1-2H3,(H,18,19). The average Bonchev–Trinajstić information content (AvgIpc) is 2.46. The summed E-state index contributed by atoms with van der Waals surface area (Å²) >= 11 is 0. The number of hydrogen-bond donors (Lipinski definition) is 1. The smallest absolute Gasteiger partial charge is 0.311 e. The number of pyridine rings is 1. The number of aromatic nitrogens is 1. The van der Waals surface area contributed by atoms with E-state index in [1.807, 2.05) is 31.2 Å². The van der Waals surface area contributed by atoms with Gasteiger partial charge in [0, 0.05) is 12.4 Å². The van der Waals surface area contributed by atoms with E-state index in [0.29, 0.717) is 6.42 Å². The van der Waals surface area contributed by atoms with Crippen molar-refractivity contribution < 1.29 is 14.6 Å². The molecule has 1 atom stereocenters. The number of nitrogens with zero attached hydrogens (tertiary/aromatic N) is 1. The van der Waals surface area contributed by atoms with Crippen LogP contribution in [-0.4, -0.2) is 23.2 Å². The Labute approximate surface area is 118 Å². The van der Waals surface area contributed by atoms with Crippen molar-refractivity contribution in [2.45, 2.75) is 19.3 Å². The van der Waals surface area contributed by atoms with Gasteiger partial charge in [0.2, 0.25) is 0 Å². The number of hydrogen-bond acceptors (Lipinski definition) is 3.